The van der Waals surface area contributed by atoms with Crippen LogP contribution in [-0.4, -0.2) is 30.6 Å². The van der Waals surface area contributed by atoms with Gasteiger partial charge in [0.05, 0.1) is 23.2 Å². The number of ether oxygens (including phenoxy) is 1. The second-order valence-electron chi connectivity index (χ2n) is 5.05. The van der Waals surface area contributed by atoms with E-state index in [-0.39, 0.29) is 17.9 Å². The van der Waals surface area contributed by atoms with Crippen LogP contribution in [0.4, 0.5) is 11.4 Å². The number of anilines is 1. The number of benzene rings is 1. The summed E-state index contributed by atoms with van der Waals surface area (Å²) in [6, 6.07) is 6.38. The van der Waals surface area contributed by atoms with Crippen molar-refractivity contribution in [1.82, 2.24) is 0 Å². The van der Waals surface area contributed by atoms with E-state index in [4.69, 9.17) is 10.00 Å². The van der Waals surface area contributed by atoms with Gasteiger partial charge in [-0.15, -0.1) is 0 Å². The van der Waals surface area contributed by atoms with Crippen molar-refractivity contribution in [2.24, 2.45) is 0 Å². The minimum atomic E-state index is -0.603. The lowest BCUT2D eigenvalue weighted by molar-refractivity contribution is -0.384. The molecule has 1 aromatic rings. The molecule has 22 heavy (non-hydrogen) atoms. The molecule has 2 rings (SSSR count). The van der Waals surface area contributed by atoms with Crippen LogP contribution in [0.25, 0.3) is 0 Å². The van der Waals surface area contributed by atoms with Crippen LogP contribution in [-0.2, 0) is 4.74 Å². The normalized spacial score (nSPS) is 13.7. The van der Waals surface area contributed by atoms with Crippen LogP contribution < -0.4 is 4.90 Å². The standard InChI is InChI=1S/C15H17N3O4/c16-7-1-4-10-22-15(19)12-5-6-13(14(11-12)18(20)21)17-8-2-3-9-17/h5-6,11H,1-4,8-10H2. The topological polar surface area (TPSA) is 96.5 Å². The van der Waals surface area contributed by atoms with Crippen molar-refractivity contribution in [1.29, 1.82) is 5.26 Å². The average Bonchev–Trinajstić information content (AvgIpc) is 3.05. The van der Waals surface area contributed by atoms with Gasteiger partial charge in [0, 0.05) is 25.6 Å². The number of nitrogens with zero attached hydrogens (tertiary/aromatic N) is 3. The molecule has 1 fully saturated rings. The van der Waals surface area contributed by atoms with E-state index in [9.17, 15) is 14.9 Å². The van der Waals surface area contributed by atoms with Crippen LogP contribution in [0.1, 0.15) is 36.0 Å². The van der Waals surface area contributed by atoms with Gasteiger partial charge in [0.2, 0.25) is 0 Å². The molecule has 0 N–H and O–H groups in total. The first-order valence-electron chi connectivity index (χ1n) is 7.21. The van der Waals surface area contributed by atoms with Crippen LogP contribution in [0.5, 0.6) is 0 Å². The molecule has 1 aliphatic heterocycles. The number of nitro benzene ring substituents is 1. The minimum Gasteiger partial charge on any atom is -0.462 e. The predicted molar refractivity (Wildman–Crippen MR) is 79.7 cm³/mol. The monoisotopic (exact) mass is 303 g/mol. The summed E-state index contributed by atoms with van der Waals surface area (Å²) < 4.78 is 5.00. The number of rotatable bonds is 6. The highest BCUT2D eigenvalue weighted by Gasteiger charge is 2.24. The Balaban J connectivity index is 2.13. The third-order valence-electron chi connectivity index (χ3n) is 3.52. The molecule has 0 spiro atoms. The number of carbonyl (C=O) groups is 1. The van der Waals surface area contributed by atoms with E-state index >= 15 is 0 Å². The molecule has 116 valence electrons. The van der Waals surface area contributed by atoms with Gasteiger partial charge in [0.15, 0.2) is 0 Å². The maximum absolute atomic E-state index is 11.9. The van der Waals surface area contributed by atoms with Crippen LogP contribution in [0.2, 0.25) is 0 Å². The van der Waals surface area contributed by atoms with E-state index in [1.807, 2.05) is 11.0 Å². The smallest absolute Gasteiger partial charge is 0.338 e. The summed E-state index contributed by atoms with van der Waals surface area (Å²) in [6.07, 6.45) is 2.79. The number of nitriles is 1. The number of carbonyl (C=O) groups excluding carboxylic acids is 1. The Hall–Kier alpha value is -2.62. The molecule has 1 saturated heterocycles. The molecular formula is C15H17N3O4. The van der Waals surface area contributed by atoms with Crippen LogP contribution in [0.3, 0.4) is 0 Å². The summed E-state index contributed by atoms with van der Waals surface area (Å²) in [5.41, 5.74) is 0.628. The van der Waals surface area contributed by atoms with E-state index < -0.39 is 10.9 Å². The first kappa shape index (κ1) is 15.8. The van der Waals surface area contributed by atoms with Crippen molar-refractivity contribution in [3.05, 3.63) is 33.9 Å². The Morgan fingerprint density at radius 2 is 2.14 bits per heavy atom. The molecule has 0 saturated carbocycles. The molecule has 7 nitrogen and oxygen atoms in total. The zero-order valence-electron chi connectivity index (χ0n) is 12.2. The molecular weight excluding hydrogens is 286 g/mol. The summed E-state index contributed by atoms with van der Waals surface area (Å²) in [4.78, 5) is 24.6. The maximum Gasteiger partial charge on any atom is 0.338 e. The van der Waals surface area contributed by atoms with Crippen molar-refractivity contribution >= 4 is 17.3 Å². The van der Waals surface area contributed by atoms with Gasteiger partial charge in [0.1, 0.15) is 5.69 Å². The summed E-state index contributed by atoms with van der Waals surface area (Å²) in [5, 5.41) is 19.7. The highest BCUT2D eigenvalue weighted by molar-refractivity contribution is 5.91. The Kier molecular flexibility index (Phi) is 5.31. The molecule has 0 amide bonds. The van der Waals surface area contributed by atoms with Gasteiger partial charge in [-0.1, -0.05) is 0 Å². The fourth-order valence-corrected chi connectivity index (χ4v) is 2.42. The first-order valence-corrected chi connectivity index (χ1v) is 7.21. The van der Waals surface area contributed by atoms with Crippen molar-refractivity contribution in [2.45, 2.75) is 25.7 Å². The molecule has 7 heteroatoms. The van der Waals surface area contributed by atoms with Crippen LogP contribution >= 0.6 is 0 Å². The van der Waals surface area contributed by atoms with E-state index in [0.29, 0.717) is 18.5 Å². The van der Waals surface area contributed by atoms with Crippen molar-refractivity contribution in [3.8, 4) is 6.07 Å². The van der Waals surface area contributed by atoms with E-state index in [0.717, 1.165) is 25.9 Å². The van der Waals surface area contributed by atoms with Gasteiger partial charge in [-0.2, -0.15) is 5.26 Å². The Labute approximate surface area is 128 Å². The Morgan fingerprint density at radius 3 is 2.77 bits per heavy atom. The summed E-state index contributed by atoms with van der Waals surface area (Å²) in [7, 11) is 0. The fraction of sp³-hybridized carbons (Fsp3) is 0.467. The molecule has 0 aliphatic carbocycles. The Bertz CT molecular complexity index is 603. The quantitative estimate of drug-likeness (QED) is 0.347. The molecule has 0 bridgehead atoms. The molecule has 1 aliphatic rings. The van der Waals surface area contributed by atoms with Crippen molar-refractivity contribution in [3.63, 3.8) is 0 Å². The lowest BCUT2D eigenvalue weighted by atomic mass is 10.1. The SMILES string of the molecule is N#CCCCOC(=O)c1ccc(N2CCCC2)c([N+](=O)[O-])c1. The number of nitro groups is 1. The molecule has 0 radical (unpaired) electrons. The zero-order chi connectivity index (χ0) is 15.9. The summed E-state index contributed by atoms with van der Waals surface area (Å²) in [6.45, 7) is 1.71. The van der Waals surface area contributed by atoms with Crippen molar-refractivity contribution < 1.29 is 14.5 Å². The van der Waals surface area contributed by atoms with Crippen molar-refractivity contribution in [2.75, 3.05) is 24.6 Å². The Morgan fingerprint density at radius 1 is 1.41 bits per heavy atom. The predicted octanol–water partition coefficient (Wildman–Crippen LogP) is 2.66. The molecule has 1 aromatic carbocycles. The molecule has 0 aromatic heterocycles. The fourth-order valence-electron chi connectivity index (χ4n) is 2.42. The summed E-state index contributed by atoms with van der Waals surface area (Å²) >= 11 is 0. The van der Waals surface area contributed by atoms with Gasteiger partial charge < -0.3 is 9.64 Å². The minimum absolute atomic E-state index is 0.0756. The first-order chi connectivity index (χ1) is 10.6. The highest BCUT2D eigenvalue weighted by atomic mass is 16.6. The second-order valence-corrected chi connectivity index (χ2v) is 5.05. The van der Waals surface area contributed by atoms with Gasteiger partial charge in [-0.05, 0) is 31.4 Å². The lowest BCUT2D eigenvalue weighted by Gasteiger charge is -2.17. The van der Waals surface area contributed by atoms with Crippen LogP contribution in [0, 0.1) is 21.4 Å². The largest absolute Gasteiger partial charge is 0.462 e. The summed E-state index contributed by atoms with van der Waals surface area (Å²) in [5.74, 6) is -0.603. The maximum atomic E-state index is 11.9. The number of unbranched alkanes of at least 4 members (excludes halogenated alkanes) is 1. The highest BCUT2D eigenvalue weighted by Crippen LogP contribution is 2.31. The third-order valence-corrected chi connectivity index (χ3v) is 3.52. The lowest BCUT2D eigenvalue weighted by Crippen LogP contribution is -2.19. The number of hydrogen-bond donors (Lipinski definition) is 0. The van der Waals surface area contributed by atoms with E-state index in [1.165, 1.54) is 6.07 Å². The van der Waals surface area contributed by atoms with E-state index in [1.54, 1.807) is 12.1 Å². The third kappa shape index (κ3) is 3.73. The van der Waals surface area contributed by atoms with Crippen LogP contribution in [0.15, 0.2) is 18.2 Å². The average molecular weight is 303 g/mol. The zero-order valence-corrected chi connectivity index (χ0v) is 12.2. The number of esters is 1. The van der Waals surface area contributed by atoms with Gasteiger partial charge >= 0.3 is 5.97 Å². The molecule has 1 heterocycles. The van der Waals surface area contributed by atoms with E-state index in [2.05, 4.69) is 0 Å². The molecule has 0 atom stereocenters. The van der Waals surface area contributed by atoms with Gasteiger partial charge in [0.25, 0.3) is 5.69 Å². The number of hydrogen-bond acceptors (Lipinski definition) is 6. The van der Waals surface area contributed by atoms with Gasteiger partial charge in [-0.25, -0.2) is 4.79 Å². The van der Waals surface area contributed by atoms with Gasteiger partial charge in [-0.3, -0.25) is 10.1 Å². The molecule has 0 unspecified atom stereocenters. The second kappa shape index (κ2) is 7.41.